The topological polar surface area (TPSA) is 66.5 Å². The average Bonchev–Trinajstić information content (AvgIpc) is 2.35. The third kappa shape index (κ3) is 4.88. The van der Waals surface area contributed by atoms with Gasteiger partial charge in [-0.2, -0.15) is 0 Å². The number of rotatable bonds is 6. The number of aryl methyl sites for hydroxylation is 1. The van der Waals surface area contributed by atoms with Crippen LogP contribution in [0.3, 0.4) is 0 Å². The fraction of sp³-hybridized carbons (Fsp3) is 0.462. The number of anilines is 1. The summed E-state index contributed by atoms with van der Waals surface area (Å²) in [4.78, 5) is 13.3. The van der Waals surface area contributed by atoms with E-state index < -0.39 is 10.0 Å². The molecule has 0 saturated carbocycles. The van der Waals surface area contributed by atoms with Crippen molar-refractivity contribution in [3.63, 3.8) is 0 Å². The number of hydrogen-bond donors (Lipinski definition) is 1. The SMILES string of the molecule is CCS(=O)(=O)NCCN(C(C)=O)c1ccc(C)cc1Br. The smallest absolute Gasteiger partial charge is 0.223 e. The summed E-state index contributed by atoms with van der Waals surface area (Å²) in [7, 11) is -3.24. The number of hydrogen-bond acceptors (Lipinski definition) is 3. The quantitative estimate of drug-likeness (QED) is 0.841. The van der Waals surface area contributed by atoms with Crippen molar-refractivity contribution in [2.75, 3.05) is 23.7 Å². The Morgan fingerprint density at radius 1 is 1.40 bits per heavy atom. The van der Waals surface area contributed by atoms with Gasteiger partial charge in [-0.05, 0) is 47.5 Å². The van der Waals surface area contributed by atoms with Crippen LogP contribution in [0, 0.1) is 6.92 Å². The van der Waals surface area contributed by atoms with E-state index in [1.807, 2.05) is 25.1 Å². The van der Waals surface area contributed by atoms with Crippen molar-refractivity contribution in [1.82, 2.24) is 4.72 Å². The molecule has 0 aliphatic carbocycles. The van der Waals surface area contributed by atoms with Gasteiger partial charge in [0.1, 0.15) is 0 Å². The Labute approximate surface area is 128 Å². The Morgan fingerprint density at radius 2 is 2.05 bits per heavy atom. The number of carbonyl (C=O) groups excluding carboxylic acids is 1. The molecule has 0 aliphatic heterocycles. The van der Waals surface area contributed by atoms with E-state index >= 15 is 0 Å². The molecule has 7 heteroatoms. The predicted octanol–water partition coefficient (Wildman–Crippen LogP) is 2.05. The zero-order valence-electron chi connectivity index (χ0n) is 11.8. The zero-order chi connectivity index (χ0) is 15.3. The summed E-state index contributed by atoms with van der Waals surface area (Å²) in [5.74, 6) is -0.105. The van der Waals surface area contributed by atoms with E-state index in [2.05, 4.69) is 20.7 Å². The molecule has 0 fully saturated rings. The number of benzene rings is 1. The van der Waals surface area contributed by atoms with Crippen molar-refractivity contribution in [3.05, 3.63) is 28.2 Å². The van der Waals surface area contributed by atoms with Crippen LogP contribution in [0.5, 0.6) is 0 Å². The second-order valence-electron chi connectivity index (χ2n) is 4.42. The highest BCUT2D eigenvalue weighted by Crippen LogP contribution is 2.27. The zero-order valence-corrected chi connectivity index (χ0v) is 14.2. The van der Waals surface area contributed by atoms with Gasteiger partial charge in [-0.1, -0.05) is 6.07 Å². The van der Waals surface area contributed by atoms with Gasteiger partial charge in [0.05, 0.1) is 11.4 Å². The Balaban J connectivity index is 2.83. The van der Waals surface area contributed by atoms with Gasteiger partial charge < -0.3 is 4.90 Å². The lowest BCUT2D eigenvalue weighted by molar-refractivity contribution is -0.116. The van der Waals surface area contributed by atoms with Crippen LogP contribution in [0.2, 0.25) is 0 Å². The summed E-state index contributed by atoms with van der Waals surface area (Å²) in [5.41, 5.74) is 1.81. The second kappa shape index (κ2) is 7.19. The average molecular weight is 363 g/mol. The molecule has 1 aromatic carbocycles. The minimum atomic E-state index is -3.24. The van der Waals surface area contributed by atoms with Gasteiger partial charge in [-0.25, -0.2) is 13.1 Å². The molecule has 0 atom stereocenters. The van der Waals surface area contributed by atoms with Gasteiger partial charge >= 0.3 is 0 Å². The third-order valence-electron chi connectivity index (χ3n) is 2.81. The van der Waals surface area contributed by atoms with Gasteiger partial charge in [0, 0.05) is 24.5 Å². The first-order chi connectivity index (χ1) is 9.26. The Kier molecular flexibility index (Phi) is 6.16. The lowest BCUT2D eigenvalue weighted by Gasteiger charge is -2.23. The Morgan fingerprint density at radius 3 is 2.55 bits per heavy atom. The van der Waals surface area contributed by atoms with E-state index in [1.54, 1.807) is 11.8 Å². The Hall–Kier alpha value is -0.920. The summed E-state index contributed by atoms with van der Waals surface area (Å²) >= 11 is 3.43. The molecule has 112 valence electrons. The first-order valence-corrected chi connectivity index (χ1v) is 8.73. The molecule has 0 heterocycles. The molecule has 0 bridgehead atoms. The predicted molar refractivity (Wildman–Crippen MR) is 84.4 cm³/mol. The Bertz CT molecular complexity index is 587. The monoisotopic (exact) mass is 362 g/mol. The van der Waals surface area contributed by atoms with Crippen molar-refractivity contribution in [3.8, 4) is 0 Å². The van der Waals surface area contributed by atoms with Crippen LogP contribution in [-0.4, -0.2) is 33.2 Å². The first kappa shape index (κ1) is 17.1. The molecular formula is C13H19BrN2O3S. The molecule has 0 radical (unpaired) electrons. The molecule has 1 amide bonds. The highest BCUT2D eigenvalue weighted by Gasteiger charge is 2.15. The number of nitrogens with one attached hydrogen (secondary N) is 1. The number of carbonyl (C=O) groups is 1. The van der Waals surface area contributed by atoms with Crippen LogP contribution in [0.25, 0.3) is 0 Å². The molecule has 0 unspecified atom stereocenters. The fourth-order valence-corrected chi connectivity index (χ4v) is 3.01. The van der Waals surface area contributed by atoms with E-state index in [0.29, 0.717) is 0 Å². The molecule has 0 saturated heterocycles. The highest BCUT2D eigenvalue weighted by molar-refractivity contribution is 9.10. The van der Waals surface area contributed by atoms with Gasteiger partial charge in [0.2, 0.25) is 15.9 Å². The van der Waals surface area contributed by atoms with Gasteiger partial charge in [-0.15, -0.1) is 0 Å². The van der Waals surface area contributed by atoms with Crippen LogP contribution in [-0.2, 0) is 14.8 Å². The fourth-order valence-electron chi connectivity index (χ4n) is 1.69. The van der Waals surface area contributed by atoms with Gasteiger partial charge in [0.25, 0.3) is 0 Å². The molecular weight excluding hydrogens is 344 g/mol. The maximum atomic E-state index is 11.7. The molecule has 0 aliphatic rings. The normalized spacial score (nSPS) is 11.4. The molecule has 1 rings (SSSR count). The number of amides is 1. The van der Waals surface area contributed by atoms with Crippen LogP contribution in [0.4, 0.5) is 5.69 Å². The highest BCUT2D eigenvalue weighted by atomic mass is 79.9. The lowest BCUT2D eigenvalue weighted by Crippen LogP contribution is -2.38. The summed E-state index contributed by atoms with van der Waals surface area (Å²) in [5, 5.41) is 0. The number of sulfonamides is 1. The summed E-state index contributed by atoms with van der Waals surface area (Å²) < 4.78 is 26.0. The minimum absolute atomic E-state index is 0.0291. The van der Waals surface area contributed by atoms with Crippen molar-refractivity contribution < 1.29 is 13.2 Å². The van der Waals surface area contributed by atoms with Gasteiger partial charge in [-0.3, -0.25) is 4.79 Å². The van der Waals surface area contributed by atoms with E-state index in [4.69, 9.17) is 0 Å². The van der Waals surface area contributed by atoms with Crippen molar-refractivity contribution in [1.29, 1.82) is 0 Å². The molecule has 1 aromatic rings. The maximum Gasteiger partial charge on any atom is 0.223 e. The molecule has 1 N–H and O–H groups in total. The van der Waals surface area contributed by atoms with E-state index in [0.717, 1.165) is 15.7 Å². The summed E-state index contributed by atoms with van der Waals surface area (Å²) in [6.07, 6.45) is 0. The van der Waals surface area contributed by atoms with E-state index in [1.165, 1.54) is 6.92 Å². The van der Waals surface area contributed by atoms with Crippen molar-refractivity contribution >= 4 is 37.5 Å². The summed E-state index contributed by atoms with van der Waals surface area (Å²) in [6, 6.07) is 5.67. The maximum absolute atomic E-state index is 11.7. The second-order valence-corrected chi connectivity index (χ2v) is 7.37. The largest absolute Gasteiger partial charge is 0.310 e. The minimum Gasteiger partial charge on any atom is -0.310 e. The third-order valence-corrected chi connectivity index (χ3v) is 4.85. The number of halogens is 1. The number of nitrogens with zero attached hydrogens (tertiary/aromatic N) is 1. The molecule has 0 aromatic heterocycles. The van der Waals surface area contributed by atoms with Crippen LogP contribution < -0.4 is 9.62 Å². The van der Waals surface area contributed by atoms with Crippen molar-refractivity contribution in [2.45, 2.75) is 20.8 Å². The molecule has 5 nitrogen and oxygen atoms in total. The van der Waals surface area contributed by atoms with Crippen LogP contribution in [0.1, 0.15) is 19.4 Å². The van der Waals surface area contributed by atoms with Crippen molar-refractivity contribution in [2.24, 2.45) is 0 Å². The first-order valence-electron chi connectivity index (χ1n) is 6.28. The lowest BCUT2D eigenvalue weighted by atomic mass is 10.2. The van der Waals surface area contributed by atoms with E-state index in [-0.39, 0.29) is 24.7 Å². The van der Waals surface area contributed by atoms with Crippen LogP contribution in [0.15, 0.2) is 22.7 Å². The molecule has 0 spiro atoms. The standard InChI is InChI=1S/C13H19BrN2O3S/c1-4-20(18,19)15-7-8-16(11(3)17)13-6-5-10(2)9-12(13)14/h5-6,9,15H,4,7-8H2,1-3H3. The van der Waals surface area contributed by atoms with Crippen LogP contribution >= 0.6 is 15.9 Å². The summed E-state index contributed by atoms with van der Waals surface area (Å²) in [6.45, 7) is 5.47. The molecule has 20 heavy (non-hydrogen) atoms. The van der Waals surface area contributed by atoms with Gasteiger partial charge in [0.15, 0.2) is 0 Å². The van der Waals surface area contributed by atoms with E-state index in [9.17, 15) is 13.2 Å².